The molecular weight excluding hydrogens is 390 g/mol. The number of ether oxygens (including phenoxy) is 1. The number of carbonyl (C=O) groups is 1. The van der Waals surface area contributed by atoms with Gasteiger partial charge in [-0.15, -0.1) is 0 Å². The van der Waals surface area contributed by atoms with Gasteiger partial charge in [-0.2, -0.15) is 4.31 Å². The van der Waals surface area contributed by atoms with Crippen LogP contribution >= 0.6 is 11.6 Å². The molecule has 0 aliphatic rings. The lowest BCUT2D eigenvalue weighted by atomic mass is 10.3. The highest BCUT2D eigenvalue weighted by Gasteiger charge is 2.26. The van der Waals surface area contributed by atoms with E-state index in [-0.39, 0.29) is 29.6 Å². The van der Waals surface area contributed by atoms with Gasteiger partial charge in [0.1, 0.15) is 5.75 Å². The highest BCUT2D eigenvalue weighted by molar-refractivity contribution is 7.89. The first-order valence-electron chi connectivity index (χ1n) is 8.47. The smallest absolute Gasteiger partial charge is 0.243 e. The molecule has 7 nitrogen and oxygen atoms in total. The minimum Gasteiger partial charge on any atom is -0.492 e. The van der Waals surface area contributed by atoms with Gasteiger partial charge in [0.05, 0.1) is 35.3 Å². The maximum absolute atomic E-state index is 12.8. The van der Waals surface area contributed by atoms with Gasteiger partial charge < -0.3 is 10.1 Å². The van der Waals surface area contributed by atoms with Crippen molar-refractivity contribution < 1.29 is 17.9 Å². The first-order chi connectivity index (χ1) is 12.9. The number of amides is 1. The standard InChI is InChI=1S/C18H22ClN3O4S/c1-3-22(13-18(23)21-12-14-7-5-6-10-20-14)27(24,25)15-8-9-17(26-4-2)16(19)11-15/h5-11H,3-4,12-13H2,1-2H3,(H,21,23). The Labute approximate surface area is 164 Å². The van der Waals surface area contributed by atoms with E-state index in [0.717, 1.165) is 4.31 Å². The second kappa shape index (κ2) is 9.68. The van der Waals surface area contributed by atoms with Crippen molar-refractivity contribution in [1.29, 1.82) is 0 Å². The van der Waals surface area contributed by atoms with Crippen molar-refractivity contribution in [3.63, 3.8) is 0 Å². The summed E-state index contributed by atoms with van der Waals surface area (Å²) in [5.41, 5.74) is 0.690. The third-order valence-electron chi connectivity index (χ3n) is 3.71. The van der Waals surface area contributed by atoms with Crippen molar-refractivity contribution in [3.05, 3.63) is 53.3 Å². The second-order valence-electron chi connectivity index (χ2n) is 5.55. The first kappa shape index (κ1) is 21.1. The average Bonchev–Trinajstić information content (AvgIpc) is 2.66. The number of nitrogens with one attached hydrogen (secondary N) is 1. The molecule has 0 radical (unpaired) electrons. The number of aromatic nitrogens is 1. The number of carbonyl (C=O) groups excluding carboxylic acids is 1. The summed E-state index contributed by atoms with van der Waals surface area (Å²) >= 11 is 6.09. The zero-order chi connectivity index (χ0) is 19.9. The highest BCUT2D eigenvalue weighted by atomic mass is 35.5. The molecule has 1 heterocycles. The van der Waals surface area contributed by atoms with Crippen LogP contribution in [0, 0.1) is 0 Å². The zero-order valence-electron chi connectivity index (χ0n) is 15.2. The number of hydrogen-bond acceptors (Lipinski definition) is 5. The van der Waals surface area contributed by atoms with E-state index in [2.05, 4.69) is 10.3 Å². The van der Waals surface area contributed by atoms with Crippen LogP contribution in [0.1, 0.15) is 19.5 Å². The summed E-state index contributed by atoms with van der Waals surface area (Å²) in [5.74, 6) is -0.00243. The molecule has 0 bridgehead atoms. The summed E-state index contributed by atoms with van der Waals surface area (Å²) in [5, 5.41) is 2.87. The number of likely N-dealkylation sites (N-methyl/N-ethyl adjacent to an activating group) is 1. The lowest BCUT2D eigenvalue weighted by Gasteiger charge is -2.20. The van der Waals surface area contributed by atoms with Gasteiger partial charge in [-0.3, -0.25) is 9.78 Å². The Kier molecular flexibility index (Phi) is 7.58. The van der Waals surface area contributed by atoms with Gasteiger partial charge in [-0.05, 0) is 37.3 Å². The normalized spacial score (nSPS) is 11.4. The molecule has 2 rings (SSSR count). The molecule has 1 amide bonds. The second-order valence-corrected chi connectivity index (χ2v) is 7.90. The van der Waals surface area contributed by atoms with E-state index in [1.54, 1.807) is 25.3 Å². The Bertz CT molecular complexity index is 875. The summed E-state index contributed by atoms with van der Waals surface area (Å²) in [6, 6.07) is 9.62. The minimum atomic E-state index is -3.87. The highest BCUT2D eigenvalue weighted by Crippen LogP contribution is 2.28. The fraction of sp³-hybridized carbons (Fsp3) is 0.333. The van der Waals surface area contributed by atoms with E-state index < -0.39 is 15.9 Å². The van der Waals surface area contributed by atoms with E-state index in [1.165, 1.54) is 18.2 Å². The Morgan fingerprint density at radius 2 is 2.04 bits per heavy atom. The summed E-state index contributed by atoms with van der Waals surface area (Å²) in [6.07, 6.45) is 1.62. The SMILES string of the molecule is CCOc1ccc(S(=O)(=O)N(CC)CC(=O)NCc2ccccn2)cc1Cl. The fourth-order valence-corrected chi connectivity index (χ4v) is 4.07. The Balaban J connectivity index is 2.08. The van der Waals surface area contributed by atoms with Crippen molar-refractivity contribution in [2.45, 2.75) is 25.3 Å². The maximum Gasteiger partial charge on any atom is 0.243 e. The monoisotopic (exact) mass is 411 g/mol. The summed E-state index contributed by atoms with van der Waals surface area (Å²) in [4.78, 5) is 16.3. The molecule has 0 atom stereocenters. The number of pyridine rings is 1. The van der Waals surface area contributed by atoms with E-state index in [1.807, 2.05) is 13.0 Å². The van der Waals surface area contributed by atoms with E-state index in [0.29, 0.717) is 18.1 Å². The summed E-state index contributed by atoms with van der Waals surface area (Å²) in [6.45, 7) is 3.97. The molecule has 1 N–H and O–H groups in total. The summed E-state index contributed by atoms with van der Waals surface area (Å²) in [7, 11) is -3.87. The molecule has 0 aliphatic carbocycles. The molecule has 1 aromatic heterocycles. The van der Waals surface area contributed by atoms with E-state index in [9.17, 15) is 13.2 Å². The van der Waals surface area contributed by atoms with Crippen molar-refractivity contribution in [1.82, 2.24) is 14.6 Å². The molecule has 27 heavy (non-hydrogen) atoms. The zero-order valence-corrected chi connectivity index (χ0v) is 16.8. The van der Waals surface area contributed by atoms with Gasteiger partial charge >= 0.3 is 0 Å². The number of rotatable bonds is 9. The van der Waals surface area contributed by atoms with Crippen molar-refractivity contribution >= 4 is 27.5 Å². The molecule has 0 spiro atoms. The first-order valence-corrected chi connectivity index (χ1v) is 10.3. The van der Waals surface area contributed by atoms with Crippen molar-refractivity contribution in [3.8, 4) is 5.75 Å². The molecule has 0 aliphatic heterocycles. The number of hydrogen-bond donors (Lipinski definition) is 1. The number of nitrogens with zero attached hydrogens (tertiary/aromatic N) is 2. The van der Waals surface area contributed by atoms with Crippen molar-refractivity contribution in [2.75, 3.05) is 19.7 Å². The van der Waals surface area contributed by atoms with Gasteiger partial charge in [-0.1, -0.05) is 24.6 Å². The Morgan fingerprint density at radius 3 is 2.63 bits per heavy atom. The molecule has 0 saturated carbocycles. The molecule has 0 fully saturated rings. The number of benzene rings is 1. The van der Waals surface area contributed by atoms with Crippen molar-refractivity contribution in [2.24, 2.45) is 0 Å². The predicted molar refractivity (Wildman–Crippen MR) is 103 cm³/mol. The third kappa shape index (κ3) is 5.66. The van der Waals surface area contributed by atoms with Crippen LogP contribution in [-0.2, 0) is 21.4 Å². The van der Waals surface area contributed by atoms with Crippen LogP contribution in [0.15, 0.2) is 47.5 Å². The van der Waals surface area contributed by atoms with Gasteiger partial charge in [0.25, 0.3) is 0 Å². The average molecular weight is 412 g/mol. The molecular formula is C18H22ClN3O4S. The van der Waals surface area contributed by atoms with Gasteiger partial charge in [-0.25, -0.2) is 8.42 Å². The Morgan fingerprint density at radius 1 is 1.26 bits per heavy atom. The van der Waals surface area contributed by atoms with E-state index in [4.69, 9.17) is 16.3 Å². The Hall–Kier alpha value is -2.16. The largest absolute Gasteiger partial charge is 0.492 e. The van der Waals surface area contributed by atoms with Crippen LogP contribution in [-0.4, -0.2) is 43.3 Å². The molecule has 9 heteroatoms. The maximum atomic E-state index is 12.8. The fourth-order valence-electron chi connectivity index (χ4n) is 2.34. The summed E-state index contributed by atoms with van der Waals surface area (Å²) < 4.78 is 32.1. The predicted octanol–water partition coefficient (Wildman–Crippen LogP) is 2.46. The minimum absolute atomic E-state index is 0.00956. The van der Waals surface area contributed by atoms with Gasteiger partial charge in [0, 0.05) is 12.7 Å². The van der Waals surface area contributed by atoms with Crippen LogP contribution in [0.2, 0.25) is 5.02 Å². The molecule has 0 saturated heterocycles. The topological polar surface area (TPSA) is 88.6 Å². The van der Waals surface area contributed by atoms with Crippen LogP contribution in [0.25, 0.3) is 0 Å². The molecule has 1 aromatic carbocycles. The quantitative estimate of drug-likeness (QED) is 0.684. The number of halogens is 1. The van der Waals surface area contributed by atoms with Gasteiger partial charge in [0.2, 0.25) is 15.9 Å². The van der Waals surface area contributed by atoms with Crippen LogP contribution < -0.4 is 10.1 Å². The van der Waals surface area contributed by atoms with Crippen LogP contribution in [0.3, 0.4) is 0 Å². The molecule has 146 valence electrons. The molecule has 2 aromatic rings. The van der Waals surface area contributed by atoms with Crippen LogP contribution in [0.4, 0.5) is 0 Å². The number of sulfonamides is 1. The van der Waals surface area contributed by atoms with E-state index >= 15 is 0 Å². The van der Waals surface area contributed by atoms with Crippen LogP contribution in [0.5, 0.6) is 5.75 Å². The lowest BCUT2D eigenvalue weighted by Crippen LogP contribution is -2.40. The van der Waals surface area contributed by atoms with Gasteiger partial charge in [0.15, 0.2) is 0 Å². The third-order valence-corrected chi connectivity index (χ3v) is 5.92. The molecule has 0 unspecified atom stereocenters. The lowest BCUT2D eigenvalue weighted by molar-refractivity contribution is -0.121.